The van der Waals surface area contributed by atoms with Crippen LogP contribution in [0.15, 0.2) is 52.3 Å². The van der Waals surface area contributed by atoms with Crippen molar-refractivity contribution in [1.29, 1.82) is 0 Å². The zero-order valence-corrected chi connectivity index (χ0v) is 17.3. The van der Waals surface area contributed by atoms with Crippen LogP contribution in [0, 0.1) is 0 Å². The van der Waals surface area contributed by atoms with Crippen molar-refractivity contribution < 1.29 is 19.1 Å². The fourth-order valence-corrected chi connectivity index (χ4v) is 3.45. The molecule has 0 unspecified atom stereocenters. The average Bonchev–Trinajstić information content (AvgIpc) is 3.11. The van der Waals surface area contributed by atoms with Crippen molar-refractivity contribution in [3.05, 3.63) is 42.5 Å². The summed E-state index contributed by atoms with van der Waals surface area (Å²) in [5.74, 6) is 0.0583. The molecular weight excluding hydrogens is 408 g/mol. The van der Waals surface area contributed by atoms with E-state index in [4.69, 9.17) is 0 Å². The first kappa shape index (κ1) is 21.0. The summed E-state index contributed by atoms with van der Waals surface area (Å²) in [5, 5.41) is 10.2. The lowest BCUT2D eigenvalue weighted by Crippen LogP contribution is -2.27. The van der Waals surface area contributed by atoms with E-state index in [1.54, 1.807) is 25.2 Å². The minimum Gasteiger partial charge on any atom is -0.453 e. The van der Waals surface area contributed by atoms with Gasteiger partial charge in [0.2, 0.25) is 5.95 Å². The summed E-state index contributed by atoms with van der Waals surface area (Å²) in [6.07, 6.45) is -0.726. The van der Waals surface area contributed by atoms with E-state index in [0.717, 1.165) is 9.79 Å². The third-order valence-electron chi connectivity index (χ3n) is 4.02. The first-order chi connectivity index (χ1) is 14.4. The number of anilines is 2. The Morgan fingerprint density at radius 3 is 2.30 bits per heavy atom. The Hall–Kier alpha value is -3.73. The van der Waals surface area contributed by atoms with Gasteiger partial charge in [-0.15, -0.1) is 0 Å². The largest absolute Gasteiger partial charge is 0.453 e. The van der Waals surface area contributed by atoms with Crippen LogP contribution < -0.4 is 21.3 Å². The number of rotatable bonds is 4. The van der Waals surface area contributed by atoms with Gasteiger partial charge in [-0.05, 0) is 42.5 Å². The number of benzene rings is 2. The Labute approximate surface area is 176 Å². The van der Waals surface area contributed by atoms with Crippen LogP contribution >= 0.6 is 11.8 Å². The number of carbonyl (C=O) groups is 3. The maximum absolute atomic E-state index is 12.3. The van der Waals surface area contributed by atoms with Gasteiger partial charge in [0.05, 0.1) is 18.1 Å². The minimum atomic E-state index is -0.726. The van der Waals surface area contributed by atoms with E-state index in [1.807, 2.05) is 24.3 Å². The Kier molecular flexibility index (Phi) is 6.42. The molecule has 11 heteroatoms. The van der Waals surface area contributed by atoms with E-state index in [0.29, 0.717) is 16.7 Å². The Morgan fingerprint density at radius 2 is 1.67 bits per heavy atom. The van der Waals surface area contributed by atoms with Gasteiger partial charge in [-0.1, -0.05) is 11.8 Å². The lowest BCUT2D eigenvalue weighted by atomic mass is 10.3. The first-order valence-electron chi connectivity index (χ1n) is 8.81. The molecule has 0 atom stereocenters. The Morgan fingerprint density at radius 1 is 0.967 bits per heavy atom. The van der Waals surface area contributed by atoms with Crippen LogP contribution in [0.5, 0.6) is 0 Å². The normalized spacial score (nSPS) is 10.4. The zero-order chi connectivity index (χ0) is 21.7. The number of nitrogens with one attached hydrogen (secondary N) is 4. The fourth-order valence-electron chi connectivity index (χ4n) is 2.60. The highest BCUT2D eigenvalue weighted by molar-refractivity contribution is 7.99. The van der Waals surface area contributed by atoms with Gasteiger partial charge >= 0.3 is 18.2 Å². The number of carbonyl (C=O) groups excluding carboxylic acids is 3. The third-order valence-corrected chi connectivity index (χ3v) is 5.01. The number of amides is 4. The molecule has 0 bridgehead atoms. The summed E-state index contributed by atoms with van der Waals surface area (Å²) in [6.45, 7) is 0. The van der Waals surface area contributed by atoms with Gasteiger partial charge in [0.15, 0.2) is 0 Å². The second-order valence-electron chi connectivity index (χ2n) is 5.92. The molecule has 0 saturated heterocycles. The van der Waals surface area contributed by atoms with Crippen LogP contribution in [0.2, 0.25) is 0 Å². The van der Waals surface area contributed by atoms with E-state index in [-0.39, 0.29) is 12.0 Å². The van der Waals surface area contributed by atoms with E-state index in [1.165, 1.54) is 30.5 Å². The lowest BCUT2D eigenvalue weighted by molar-refractivity contribution is 0.186. The van der Waals surface area contributed by atoms with Crippen LogP contribution in [-0.4, -0.2) is 48.9 Å². The molecule has 156 valence electrons. The molecule has 10 nitrogen and oxygen atoms in total. The molecule has 0 aliphatic heterocycles. The summed E-state index contributed by atoms with van der Waals surface area (Å²) in [6, 6.07) is 12.1. The highest BCUT2D eigenvalue weighted by atomic mass is 32.2. The summed E-state index contributed by atoms with van der Waals surface area (Å²) in [4.78, 5) is 41.4. The predicted octanol–water partition coefficient (Wildman–Crippen LogP) is 3.30. The number of aromatic nitrogens is 2. The SMILES string of the molecule is CNC(=O)Nc1ccc(Sc2ccc3c(c2)nc(NC(=O)OC)n3C(=O)NC)cc1. The highest BCUT2D eigenvalue weighted by Gasteiger charge is 2.18. The number of nitrogens with zero attached hydrogens (tertiary/aromatic N) is 2. The summed E-state index contributed by atoms with van der Waals surface area (Å²) in [7, 11) is 4.27. The molecule has 4 N–H and O–H groups in total. The van der Waals surface area contributed by atoms with E-state index in [9.17, 15) is 14.4 Å². The summed E-state index contributed by atoms with van der Waals surface area (Å²) < 4.78 is 5.86. The molecule has 4 amide bonds. The molecule has 30 heavy (non-hydrogen) atoms. The van der Waals surface area contributed by atoms with Crippen molar-refractivity contribution in [2.24, 2.45) is 0 Å². The highest BCUT2D eigenvalue weighted by Crippen LogP contribution is 2.31. The molecule has 3 aromatic rings. The smallest absolute Gasteiger partial charge is 0.413 e. The fraction of sp³-hybridized carbons (Fsp3) is 0.158. The van der Waals surface area contributed by atoms with Gasteiger partial charge in [-0.25, -0.2) is 23.9 Å². The maximum Gasteiger partial charge on any atom is 0.413 e. The molecule has 1 aromatic heterocycles. The molecule has 1 heterocycles. The van der Waals surface area contributed by atoms with Crippen molar-refractivity contribution >= 4 is 52.6 Å². The zero-order valence-electron chi connectivity index (χ0n) is 16.5. The number of ether oxygens (including phenoxy) is 1. The summed E-state index contributed by atoms with van der Waals surface area (Å²) in [5.41, 5.74) is 1.75. The molecule has 0 radical (unpaired) electrons. The average molecular weight is 428 g/mol. The van der Waals surface area contributed by atoms with Crippen LogP contribution in [0.3, 0.4) is 0 Å². The van der Waals surface area contributed by atoms with Crippen molar-refractivity contribution in [3.8, 4) is 0 Å². The van der Waals surface area contributed by atoms with Gasteiger partial charge in [0.25, 0.3) is 0 Å². The molecule has 0 aliphatic carbocycles. The third kappa shape index (κ3) is 4.63. The Bertz CT molecular complexity index is 1100. The van der Waals surface area contributed by atoms with E-state index < -0.39 is 12.1 Å². The van der Waals surface area contributed by atoms with Crippen LogP contribution in [-0.2, 0) is 4.74 Å². The molecule has 0 aliphatic rings. The van der Waals surface area contributed by atoms with Crippen LogP contribution in [0.1, 0.15) is 0 Å². The van der Waals surface area contributed by atoms with Gasteiger partial charge in [0, 0.05) is 29.6 Å². The van der Waals surface area contributed by atoms with Crippen LogP contribution in [0.4, 0.5) is 26.0 Å². The standard InChI is InChI=1S/C19H20N6O4S/c1-20-17(26)22-11-4-6-12(7-5-11)30-13-8-9-15-14(10-13)23-16(24-19(28)29-3)25(15)18(27)21-2/h4-10H,1-3H3,(H,21,27)(H2,20,22,26)(H,23,24,28). The number of fused-ring (bicyclic) bond motifs is 1. The quantitative estimate of drug-likeness (QED) is 0.505. The van der Waals surface area contributed by atoms with Crippen molar-refractivity contribution in [2.75, 3.05) is 31.8 Å². The van der Waals surface area contributed by atoms with Gasteiger partial charge in [-0.2, -0.15) is 0 Å². The predicted molar refractivity (Wildman–Crippen MR) is 114 cm³/mol. The van der Waals surface area contributed by atoms with Crippen LogP contribution in [0.25, 0.3) is 11.0 Å². The van der Waals surface area contributed by atoms with E-state index in [2.05, 4.69) is 31.0 Å². The minimum absolute atomic E-state index is 0.0583. The Balaban J connectivity index is 1.87. The van der Waals surface area contributed by atoms with Crippen molar-refractivity contribution in [3.63, 3.8) is 0 Å². The topological polar surface area (TPSA) is 126 Å². The number of imidazole rings is 1. The molecule has 0 spiro atoms. The van der Waals surface area contributed by atoms with E-state index >= 15 is 0 Å². The monoisotopic (exact) mass is 428 g/mol. The van der Waals surface area contributed by atoms with Gasteiger partial charge < -0.3 is 20.7 Å². The van der Waals surface area contributed by atoms with Gasteiger partial charge in [-0.3, -0.25) is 5.32 Å². The molecule has 0 saturated carbocycles. The number of hydrogen-bond donors (Lipinski definition) is 4. The van der Waals surface area contributed by atoms with Gasteiger partial charge in [0.1, 0.15) is 0 Å². The maximum atomic E-state index is 12.3. The molecule has 3 rings (SSSR count). The lowest BCUT2D eigenvalue weighted by Gasteiger charge is -2.07. The number of urea groups is 1. The number of methoxy groups -OCH3 is 1. The second-order valence-corrected chi connectivity index (χ2v) is 7.07. The first-order valence-corrected chi connectivity index (χ1v) is 9.63. The molecule has 2 aromatic carbocycles. The van der Waals surface area contributed by atoms with Crippen molar-refractivity contribution in [2.45, 2.75) is 9.79 Å². The molecule has 0 fully saturated rings. The number of hydrogen-bond acceptors (Lipinski definition) is 6. The second kappa shape index (κ2) is 9.18. The summed E-state index contributed by atoms with van der Waals surface area (Å²) >= 11 is 1.49. The van der Waals surface area contributed by atoms with Crippen molar-refractivity contribution in [1.82, 2.24) is 20.2 Å². The molecular formula is C19H20N6O4S.